The molecular formula is C22H26Cl3N5OSSi. The van der Waals surface area contributed by atoms with Gasteiger partial charge in [0.25, 0.3) is 5.91 Å². The van der Waals surface area contributed by atoms with Crippen molar-refractivity contribution >= 4 is 76.3 Å². The van der Waals surface area contributed by atoms with E-state index < -0.39 is 8.07 Å². The monoisotopic (exact) mass is 541 g/mol. The standard InChI is InChI=1S/C13H21NOSSi.C9H5Cl3N4/c1-7-8-14-12(15)11-9(2)10(3)16-13(11)17(4,5)6;10-5-3-1-2-4-6(5)13-9-15-7(11)14-8(12)16-9/h7H,1,8H2,2-6H3,(H,14,15);1-4H,(H,13,14,15,16). The number of benzene rings is 1. The Balaban J connectivity index is 0.000000234. The molecule has 2 N–H and O–H groups in total. The predicted octanol–water partition coefficient (Wildman–Crippen LogP) is 6.40. The van der Waals surface area contributed by atoms with Crippen LogP contribution in [0.1, 0.15) is 20.8 Å². The molecule has 0 fully saturated rings. The average Bonchev–Trinajstić information content (AvgIpc) is 3.03. The number of hydrogen-bond donors (Lipinski definition) is 2. The smallest absolute Gasteiger partial charge is 0.252 e. The van der Waals surface area contributed by atoms with E-state index >= 15 is 0 Å². The van der Waals surface area contributed by atoms with Crippen molar-refractivity contribution in [3.8, 4) is 0 Å². The van der Waals surface area contributed by atoms with Gasteiger partial charge in [-0.25, -0.2) is 0 Å². The first-order valence-electron chi connectivity index (χ1n) is 10.0. The van der Waals surface area contributed by atoms with Gasteiger partial charge < -0.3 is 10.6 Å². The van der Waals surface area contributed by atoms with Crippen LogP contribution >= 0.6 is 46.1 Å². The van der Waals surface area contributed by atoms with Gasteiger partial charge in [-0.3, -0.25) is 4.79 Å². The first-order valence-corrected chi connectivity index (χ1v) is 15.5. The van der Waals surface area contributed by atoms with E-state index in [1.54, 1.807) is 29.5 Å². The van der Waals surface area contributed by atoms with Gasteiger partial charge in [-0.15, -0.1) is 17.9 Å². The Bertz CT molecular complexity index is 1130. The van der Waals surface area contributed by atoms with Crippen molar-refractivity contribution in [2.75, 3.05) is 11.9 Å². The zero-order valence-electron chi connectivity index (χ0n) is 19.1. The van der Waals surface area contributed by atoms with Crippen molar-refractivity contribution in [1.82, 2.24) is 20.3 Å². The van der Waals surface area contributed by atoms with Crippen molar-refractivity contribution in [3.05, 3.63) is 68.5 Å². The van der Waals surface area contributed by atoms with Gasteiger partial charge in [0, 0.05) is 15.9 Å². The van der Waals surface area contributed by atoms with Crippen LogP contribution in [-0.4, -0.2) is 35.5 Å². The van der Waals surface area contributed by atoms with Gasteiger partial charge in [0.2, 0.25) is 16.5 Å². The van der Waals surface area contributed by atoms with Crippen molar-refractivity contribution in [3.63, 3.8) is 0 Å². The highest BCUT2D eigenvalue weighted by Gasteiger charge is 2.28. The summed E-state index contributed by atoms with van der Waals surface area (Å²) >= 11 is 19.0. The van der Waals surface area contributed by atoms with Gasteiger partial charge in [0.05, 0.1) is 24.3 Å². The molecule has 0 unspecified atom stereocenters. The van der Waals surface area contributed by atoms with Crippen LogP contribution in [-0.2, 0) is 0 Å². The Kier molecular flexibility index (Phi) is 9.87. The fourth-order valence-electron chi connectivity index (χ4n) is 2.75. The molecule has 0 saturated carbocycles. The molecule has 2 aromatic heterocycles. The molecule has 11 heteroatoms. The molecule has 1 aromatic carbocycles. The second-order valence-electron chi connectivity index (χ2n) is 8.04. The molecule has 0 aliphatic rings. The normalized spacial score (nSPS) is 10.8. The lowest BCUT2D eigenvalue weighted by Gasteiger charge is -2.16. The van der Waals surface area contributed by atoms with Crippen LogP contribution in [0, 0.1) is 13.8 Å². The third-order valence-electron chi connectivity index (χ3n) is 4.40. The number of anilines is 2. The SMILES string of the molecule is C=CCNC(=O)c1c([Si](C)(C)C)sc(C)c1C.Clc1nc(Cl)nc(Nc2ccccc2Cl)n1. The van der Waals surface area contributed by atoms with Crippen molar-refractivity contribution in [2.45, 2.75) is 33.5 Å². The van der Waals surface area contributed by atoms with E-state index in [1.165, 1.54) is 9.38 Å². The quantitative estimate of drug-likeness (QED) is 0.278. The van der Waals surface area contributed by atoms with Gasteiger partial charge in [0.1, 0.15) is 0 Å². The molecule has 0 aliphatic carbocycles. The van der Waals surface area contributed by atoms with E-state index in [4.69, 9.17) is 34.8 Å². The average molecular weight is 543 g/mol. The maximum Gasteiger partial charge on any atom is 0.252 e. The fourth-order valence-corrected chi connectivity index (χ4v) is 6.94. The summed E-state index contributed by atoms with van der Waals surface area (Å²) in [4.78, 5) is 24.8. The van der Waals surface area contributed by atoms with Crippen molar-refractivity contribution < 1.29 is 4.79 Å². The number of para-hydroxylation sites is 1. The first kappa shape index (κ1) is 27.3. The number of carbonyl (C=O) groups is 1. The second-order valence-corrected chi connectivity index (χ2v) is 15.7. The molecule has 176 valence electrons. The highest BCUT2D eigenvalue weighted by atomic mass is 35.5. The molecule has 0 spiro atoms. The van der Waals surface area contributed by atoms with Gasteiger partial charge in [-0.1, -0.05) is 49.5 Å². The van der Waals surface area contributed by atoms with Crippen molar-refractivity contribution in [1.29, 1.82) is 0 Å². The second kappa shape index (κ2) is 11.9. The minimum Gasteiger partial charge on any atom is -0.349 e. The molecule has 33 heavy (non-hydrogen) atoms. The Morgan fingerprint density at radius 3 is 2.24 bits per heavy atom. The van der Waals surface area contributed by atoms with Crippen LogP contribution in [0.3, 0.4) is 0 Å². The van der Waals surface area contributed by atoms with E-state index in [-0.39, 0.29) is 22.4 Å². The number of amides is 1. The van der Waals surface area contributed by atoms with Crippen LogP contribution < -0.4 is 15.1 Å². The lowest BCUT2D eigenvalue weighted by atomic mass is 10.1. The zero-order valence-corrected chi connectivity index (χ0v) is 23.2. The molecule has 0 aliphatic heterocycles. The van der Waals surface area contributed by atoms with Gasteiger partial charge >= 0.3 is 0 Å². The fraction of sp³-hybridized carbons (Fsp3) is 0.273. The minimum absolute atomic E-state index is 0.0227. The minimum atomic E-state index is -1.46. The molecule has 0 saturated heterocycles. The van der Waals surface area contributed by atoms with E-state index in [0.29, 0.717) is 17.3 Å². The Morgan fingerprint density at radius 1 is 1.09 bits per heavy atom. The number of aryl methyl sites for hydroxylation is 1. The van der Waals surface area contributed by atoms with Gasteiger partial charge in [-0.2, -0.15) is 15.0 Å². The van der Waals surface area contributed by atoms with E-state index in [1.807, 2.05) is 19.1 Å². The molecular weight excluding hydrogens is 517 g/mol. The number of aromatic nitrogens is 3. The Hall–Kier alpha value is -1.97. The Labute approximate surface area is 214 Å². The topological polar surface area (TPSA) is 79.8 Å². The number of nitrogens with one attached hydrogen (secondary N) is 2. The lowest BCUT2D eigenvalue weighted by Crippen LogP contribution is -2.41. The number of halogens is 3. The Morgan fingerprint density at radius 2 is 1.70 bits per heavy atom. The highest BCUT2D eigenvalue weighted by molar-refractivity contribution is 7.27. The largest absolute Gasteiger partial charge is 0.349 e. The molecule has 6 nitrogen and oxygen atoms in total. The maximum absolute atomic E-state index is 12.2. The summed E-state index contributed by atoms with van der Waals surface area (Å²) in [6.45, 7) is 15.1. The summed E-state index contributed by atoms with van der Waals surface area (Å²) in [6, 6.07) is 7.18. The molecule has 2 heterocycles. The first-order chi connectivity index (χ1) is 15.4. The van der Waals surface area contributed by atoms with Crippen LogP contribution in [0.4, 0.5) is 11.6 Å². The van der Waals surface area contributed by atoms with E-state index in [9.17, 15) is 4.79 Å². The molecule has 0 radical (unpaired) electrons. The maximum atomic E-state index is 12.2. The third kappa shape index (κ3) is 7.79. The van der Waals surface area contributed by atoms with Crippen LogP contribution in [0.5, 0.6) is 0 Å². The van der Waals surface area contributed by atoms with E-state index in [2.05, 4.69) is 58.7 Å². The summed E-state index contributed by atoms with van der Waals surface area (Å²) in [5, 5.41) is 6.37. The number of hydrogen-bond acceptors (Lipinski definition) is 6. The molecule has 3 aromatic rings. The molecule has 1 amide bonds. The molecule has 3 rings (SSSR count). The summed E-state index contributed by atoms with van der Waals surface area (Å²) < 4.78 is 1.30. The number of rotatable bonds is 6. The molecule has 0 atom stereocenters. The lowest BCUT2D eigenvalue weighted by molar-refractivity contribution is 0.0958. The van der Waals surface area contributed by atoms with Crippen LogP contribution in [0.2, 0.25) is 35.2 Å². The van der Waals surface area contributed by atoms with E-state index in [0.717, 1.165) is 11.1 Å². The number of thiophene rings is 1. The molecule has 0 bridgehead atoms. The number of nitrogens with zero attached hydrogens (tertiary/aromatic N) is 3. The number of carbonyl (C=O) groups excluding carboxylic acids is 1. The van der Waals surface area contributed by atoms with Crippen LogP contribution in [0.15, 0.2) is 36.9 Å². The highest BCUT2D eigenvalue weighted by Crippen LogP contribution is 2.24. The van der Waals surface area contributed by atoms with Crippen LogP contribution in [0.25, 0.3) is 0 Å². The summed E-state index contributed by atoms with van der Waals surface area (Å²) in [5.41, 5.74) is 2.71. The van der Waals surface area contributed by atoms with Crippen molar-refractivity contribution in [2.24, 2.45) is 0 Å². The predicted molar refractivity (Wildman–Crippen MR) is 144 cm³/mol. The third-order valence-corrected chi connectivity index (χ3v) is 9.85. The summed E-state index contributed by atoms with van der Waals surface area (Å²) in [7, 11) is -1.46. The summed E-state index contributed by atoms with van der Waals surface area (Å²) in [6.07, 6.45) is 1.71. The summed E-state index contributed by atoms with van der Waals surface area (Å²) in [5.74, 6) is 0.294. The van der Waals surface area contributed by atoms with Gasteiger partial charge in [0.15, 0.2) is 0 Å². The van der Waals surface area contributed by atoms with Gasteiger partial charge in [-0.05, 0) is 54.7 Å². The zero-order chi connectivity index (χ0) is 24.8.